The molecule has 2 aromatic rings. The van der Waals surface area contributed by atoms with Gasteiger partial charge in [-0.1, -0.05) is 24.3 Å². The molecule has 0 aliphatic carbocycles. The average molecular weight is 500 g/mol. The summed E-state index contributed by atoms with van der Waals surface area (Å²) in [4.78, 5) is 53.6. The molecule has 4 rings (SSSR count). The summed E-state index contributed by atoms with van der Waals surface area (Å²) < 4.78 is 5.54. The summed E-state index contributed by atoms with van der Waals surface area (Å²) in [6, 6.07) is 11.6. The lowest BCUT2D eigenvalue weighted by atomic mass is 10.0. The largest absolute Gasteiger partial charge is 0.455 e. The van der Waals surface area contributed by atoms with E-state index in [4.69, 9.17) is 4.74 Å². The SMILES string of the molecule is CC(C)(C)OC(=O)C1=C(NC(=O)c2ccccc2)CS[C@H]2C(NC(=O)Cc3cccs3)C(=O)N12. The van der Waals surface area contributed by atoms with Crippen LogP contribution in [0.4, 0.5) is 0 Å². The Morgan fingerprint density at radius 3 is 2.50 bits per heavy atom. The van der Waals surface area contributed by atoms with Crippen molar-refractivity contribution in [3.63, 3.8) is 0 Å². The van der Waals surface area contributed by atoms with Gasteiger partial charge in [0.2, 0.25) is 5.91 Å². The highest BCUT2D eigenvalue weighted by molar-refractivity contribution is 8.00. The molecule has 2 aliphatic heterocycles. The second-order valence-corrected chi connectivity index (χ2v) is 11.0. The van der Waals surface area contributed by atoms with Gasteiger partial charge < -0.3 is 15.4 Å². The normalized spacial score (nSPS) is 19.7. The van der Waals surface area contributed by atoms with Crippen LogP contribution < -0.4 is 10.6 Å². The number of fused-ring (bicyclic) bond motifs is 1. The van der Waals surface area contributed by atoms with Gasteiger partial charge in [-0.2, -0.15) is 0 Å². The molecular weight excluding hydrogens is 474 g/mol. The molecule has 1 unspecified atom stereocenters. The van der Waals surface area contributed by atoms with E-state index in [0.29, 0.717) is 11.3 Å². The van der Waals surface area contributed by atoms with Crippen LogP contribution in [-0.4, -0.2) is 51.4 Å². The zero-order chi connectivity index (χ0) is 24.5. The zero-order valence-corrected chi connectivity index (χ0v) is 20.6. The number of ether oxygens (including phenoxy) is 1. The van der Waals surface area contributed by atoms with Crippen molar-refractivity contribution in [2.75, 3.05) is 5.75 Å². The van der Waals surface area contributed by atoms with E-state index in [1.807, 2.05) is 17.5 Å². The van der Waals surface area contributed by atoms with Crippen molar-refractivity contribution in [1.29, 1.82) is 0 Å². The molecule has 0 bridgehead atoms. The number of amides is 3. The molecule has 2 atom stereocenters. The third-order valence-electron chi connectivity index (χ3n) is 5.09. The van der Waals surface area contributed by atoms with Crippen molar-refractivity contribution in [2.24, 2.45) is 0 Å². The number of rotatable bonds is 6. The number of hydrogen-bond donors (Lipinski definition) is 2. The molecule has 0 spiro atoms. The number of carbonyl (C=O) groups is 4. The Labute approximate surface area is 205 Å². The fraction of sp³-hybridized carbons (Fsp3) is 0.333. The number of nitrogens with one attached hydrogen (secondary N) is 2. The summed E-state index contributed by atoms with van der Waals surface area (Å²) in [6.07, 6.45) is 0.186. The van der Waals surface area contributed by atoms with Crippen LogP contribution >= 0.6 is 23.1 Å². The smallest absolute Gasteiger partial charge is 0.357 e. The lowest BCUT2D eigenvalue weighted by Crippen LogP contribution is -2.71. The molecule has 2 aliphatic rings. The summed E-state index contributed by atoms with van der Waals surface area (Å²) in [6.45, 7) is 5.19. The number of thioether (sulfide) groups is 1. The van der Waals surface area contributed by atoms with Gasteiger partial charge in [-0.3, -0.25) is 19.3 Å². The number of esters is 1. The van der Waals surface area contributed by atoms with Gasteiger partial charge in [0.1, 0.15) is 17.0 Å². The van der Waals surface area contributed by atoms with Crippen LogP contribution in [0.15, 0.2) is 59.2 Å². The van der Waals surface area contributed by atoms with Gasteiger partial charge in [-0.25, -0.2) is 4.79 Å². The molecule has 1 aromatic heterocycles. The van der Waals surface area contributed by atoms with Crippen molar-refractivity contribution >= 4 is 46.8 Å². The summed E-state index contributed by atoms with van der Waals surface area (Å²) in [7, 11) is 0. The molecule has 8 nitrogen and oxygen atoms in total. The molecule has 3 amide bonds. The summed E-state index contributed by atoms with van der Waals surface area (Å²) in [5.74, 6) is -1.47. The minimum absolute atomic E-state index is 0.0108. The number of β-lactam (4-membered cyclic amide) rings is 1. The van der Waals surface area contributed by atoms with E-state index in [0.717, 1.165) is 4.88 Å². The van der Waals surface area contributed by atoms with Gasteiger partial charge >= 0.3 is 5.97 Å². The van der Waals surface area contributed by atoms with Crippen LogP contribution in [0.5, 0.6) is 0 Å². The lowest BCUT2D eigenvalue weighted by Gasteiger charge is -2.49. The number of benzene rings is 1. The van der Waals surface area contributed by atoms with Crippen molar-refractivity contribution in [3.05, 3.63) is 69.7 Å². The van der Waals surface area contributed by atoms with Crippen molar-refractivity contribution in [1.82, 2.24) is 15.5 Å². The predicted molar refractivity (Wildman–Crippen MR) is 130 cm³/mol. The first kappa shape index (κ1) is 24.0. The molecule has 178 valence electrons. The quantitative estimate of drug-likeness (QED) is 0.468. The molecule has 1 aromatic carbocycles. The second kappa shape index (κ2) is 9.63. The van der Waals surface area contributed by atoms with E-state index >= 15 is 0 Å². The number of carbonyl (C=O) groups excluding carboxylic acids is 4. The first-order chi connectivity index (χ1) is 16.1. The maximum atomic E-state index is 13.1. The maximum absolute atomic E-state index is 13.1. The number of nitrogens with zero attached hydrogens (tertiary/aromatic N) is 1. The Kier molecular flexibility index (Phi) is 6.81. The molecule has 34 heavy (non-hydrogen) atoms. The van der Waals surface area contributed by atoms with Gasteiger partial charge in [-0.15, -0.1) is 23.1 Å². The fourth-order valence-corrected chi connectivity index (χ4v) is 5.61. The van der Waals surface area contributed by atoms with Crippen LogP contribution in [-0.2, 0) is 25.5 Å². The molecule has 1 fully saturated rings. The molecule has 0 radical (unpaired) electrons. The van der Waals surface area contributed by atoms with E-state index < -0.39 is 28.9 Å². The molecule has 2 N–H and O–H groups in total. The van der Waals surface area contributed by atoms with Gasteiger partial charge in [-0.05, 0) is 44.4 Å². The average Bonchev–Trinajstić information content (AvgIpc) is 3.29. The Hall–Kier alpha value is -3.11. The van der Waals surface area contributed by atoms with E-state index in [1.54, 1.807) is 51.1 Å². The third-order valence-corrected chi connectivity index (χ3v) is 7.25. The van der Waals surface area contributed by atoms with Gasteiger partial charge in [0.05, 0.1) is 12.1 Å². The van der Waals surface area contributed by atoms with Crippen LogP contribution in [0, 0.1) is 0 Å². The summed E-state index contributed by atoms with van der Waals surface area (Å²) in [5.41, 5.74) is -0.0434. The summed E-state index contributed by atoms with van der Waals surface area (Å²) in [5, 5.41) is 7.00. The zero-order valence-electron chi connectivity index (χ0n) is 19.0. The minimum atomic E-state index is -0.791. The van der Waals surface area contributed by atoms with Gasteiger partial charge in [0.15, 0.2) is 5.70 Å². The van der Waals surface area contributed by atoms with Crippen molar-refractivity contribution in [3.8, 4) is 0 Å². The highest BCUT2D eigenvalue weighted by Crippen LogP contribution is 2.40. The highest BCUT2D eigenvalue weighted by atomic mass is 32.2. The molecule has 1 saturated heterocycles. The standard InChI is InChI=1S/C24H25N3O5S2/c1-24(2,3)32-23(31)19-16(25-20(29)14-8-5-4-6-9-14)13-34-22-18(21(30)27(19)22)26-17(28)12-15-10-7-11-33-15/h4-11,18,22H,12-13H2,1-3H3,(H,25,29)(H,26,28)/t18?,22-/m0/s1. The van der Waals surface area contributed by atoms with Gasteiger partial charge in [0.25, 0.3) is 11.8 Å². The third kappa shape index (κ3) is 5.18. The van der Waals surface area contributed by atoms with Crippen LogP contribution in [0.25, 0.3) is 0 Å². The second-order valence-electron chi connectivity index (χ2n) is 8.86. The Balaban J connectivity index is 1.55. The number of thiophene rings is 1. The minimum Gasteiger partial charge on any atom is -0.455 e. The van der Waals surface area contributed by atoms with E-state index in [1.165, 1.54) is 28.0 Å². The lowest BCUT2D eigenvalue weighted by molar-refractivity contribution is -0.159. The Morgan fingerprint density at radius 2 is 1.85 bits per heavy atom. The first-order valence-corrected chi connectivity index (χ1v) is 12.7. The van der Waals surface area contributed by atoms with Crippen LogP contribution in [0.1, 0.15) is 36.0 Å². The molecule has 3 heterocycles. The van der Waals surface area contributed by atoms with Crippen molar-refractivity contribution in [2.45, 2.75) is 44.2 Å². The predicted octanol–water partition coefficient (Wildman–Crippen LogP) is 2.67. The van der Waals surface area contributed by atoms with Crippen LogP contribution in [0.2, 0.25) is 0 Å². The molecule has 10 heteroatoms. The maximum Gasteiger partial charge on any atom is 0.357 e. The van der Waals surface area contributed by atoms with E-state index in [9.17, 15) is 19.2 Å². The first-order valence-electron chi connectivity index (χ1n) is 10.7. The molecular formula is C24H25N3O5S2. The van der Waals surface area contributed by atoms with Crippen LogP contribution in [0.3, 0.4) is 0 Å². The Morgan fingerprint density at radius 1 is 1.12 bits per heavy atom. The van der Waals surface area contributed by atoms with E-state index in [2.05, 4.69) is 10.6 Å². The monoisotopic (exact) mass is 499 g/mol. The Bertz CT molecular complexity index is 1140. The number of hydrogen-bond acceptors (Lipinski definition) is 7. The highest BCUT2D eigenvalue weighted by Gasteiger charge is 2.55. The van der Waals surface area contributed by atoms with Crippen molar-refractivity contribution < 1.29 is 23.9 Å². The van der Waals surface area contributed by atoms with Gasteiger partial charge in [0, 0.05) is 16.2 Å². The summed E-state index contributed by atoms with van der Waals surface area (Å²) >= 11 is 2.84. The molecule has 0 saturated carbocycles. The topological polar surface area (TPSA) is 105 Å². The van der Waals surface area contributed by atoms with E-state index in [-0.39, 0.29) is 29.7 Å². The fourth-order valence-electron chi connectivity index (χ4n) is 3.63.